The summed E-state index contributed by atoms with van der Waals surface area (Å²) in [6.07, 6.45) is 3.35. The van der Waals surface area contributed by atoms with Crippen LogP contribution in [0.3, 0.4) is 0 Å². The number of carbonyl (C=O) groups excluding carboxylic acids is 1. The van der Waals surface area contributed by atoms with E-state index in [4.69, 9.17) is 28.0 Å². The van der Waals surface area contributed by atoms with Crippen LogP contribution in [0, 0.1) is 0 Å². The number of hydrogen-bond donors (Lipinski definition) is 3. The molecule has 4 rings (SSSR count). The number of dihydropyridines is 1. The van der Waals surface area contributed by atoms with Gasteiger partial charge in [0.2, 0.25) is 11.5 Å². The van der Waals surface area contributed by atoms with E-state index < -0.39 is 11.4 Å². The summed E-state index contributed by atoms with van der Waals surface area (Å²) in [4.78, 5) is 41.7. The molecular weight excluding hydrogens is 512 g/mol. The summed E-state index contributed by atoms with van der Waals surface area (Å²) >= 11 is 5.99. The third-order valence-electron chi connectivity index (χ3n) is 5.71. The van der Waals surface area contributed by atoms with Crippen LogP contribution in [-0.4, -0.2) is 31.3 Å². The number of hydrazine groups is 1. The summed E-state index contributed by atoms with van der Waals surface area (Å²) in [6, 6.07) is 13.7. The SMILES string of the molecule is CCn1c(=O)n(N)/c(=N\c2ccc(OC3=CC=C(N(N)C(C)=O)NC3)cc2)n(Cc2ccc(Cl)cc2)c1=O. The molecule has 13 heteroatoms. The van der Waals surface area contributed by atoms with Crippen molar-refractivity contribution in [3.63, 3.8) is 0 Å². The summed E-state index contributed by atoms with van der Waals surface area (Å²) in [5.74, 6) is 13.1. The van der Waals surface area contributed by atoms with Crippen LogP contribution in [0.25, 0.3) is 0 Å². The monoisotopic (exact) mass is 538 g/mol. The molecule has 5 N–H and O–H groups in total. The van der Waals surface area contributed by atoms with Gasteiger partial charge in [-0.25, -0.2) is 30.0 Å². The third-order valence-corrected chi connectivity index (χ3v) is 5.96. The molecule has 0 saturated carbocycles. The molecular formula is C25H27ClN8O4. The number of nitrogens with zero attached hydrogens (tertiary/aromatic N) is 5. The Morgan fingerprint density at radius 3 is 2.34 bits per heavy atom. The molecule has 1 amide bonds. The highest BCUT2D eigenvalue weighted by Gasteiger charge is 2.15. The van der Waals surface area contributed by atoms with Crippen molar-refractivity contribution in [2.75, 3.05) is 12.4 Å². The molecule has 0 fully saturated rings. The van der Waals surface area contributed by atoms with Crippen LogP contribution in [0.4, 0.5) is 5.69 Å². The van der Waals surface area contributed by atoms with E-state index in [0.717, 1.165) is 19.8 Å². The van der Waals surface area contributed by atoms with Crippen molar-refractivity contribution in [3.05, 3.63) is 109 Å². The fourth-order valence-electron chi connectivity index (χ4n) is 3.68. The first-order chi connectivity index (χ1) is 18.2. The number of carbonyl (C=O) groups is 1. The van der Waals surface area contributed by atoms with E-state index in [-0.39, 0.29) is 24.6 Å². The summed E-state index contributed by atoms with van der Waals surface area (Å²) < 4.78 is 9.10. The lowest BCUT2D eigenvalue weighted by atomic mass is 10.2. The Morgan fingerprint density at radius 1 is 1.08 bits per heavy atom. The zero-order chi connectivity index (χ0) is 27.4. The molecule has 0 aliphatic carbocycles. The summed E-state index contributed by atoms with van der Waals surface area (Å²) in [6.45, 7) is 3.67. The maximum absolute atomic E-state index is 13.1. The molecule has 0 radical (unpaired) electrons. The standard InChI is InChI=1S/C25H27ClN8O4/c1-3-31-24(36)32(15-17-4-6-18(26)7-5-17)23(34(28)25(31)37)30-19-8-10-20(11-9-19)38-21-12-13-22(29-14-21)33(27)16(2)35/h4-13,29H,3,14-15,27-28H2,1-2H3/b30-23-. The molecule has 198 valence electrons. The lowest BCUT2D eigenvalue weighted by Gasteiger charge is -2.23. The smallest absolute Gasteiger partial charge is 0.353 e. The Bertz CT molecular complexity index is 1600. The van der Waals surface area contributed by atoms with E-state index in [2.05, 4.69) is 10.3 Å². The number of amides is 1. The minimum Gasteiger partial charge on any atom is -0.460 e. The van der Waals surface area contributed by atoms with Gasteiger partial charge in [0.15, 0.2) is 0 Å². The van der Waals surface area contributed by atoms with Crippen molar-refractivity contribution in [3.8, 4) is 5.75 Å². The van der Waals surface area contributed by atoms with Crippen molar-refractivity contribution in [2.45, 2.75) is 26.9 Å². The first-order valence-electron chi connectivity index (χ1n) is 11.7. The quantitative estimate of drug-likeness (QED) is 0.229. The fourth-order valence-corrected chi connectivity index (χ4v) is 3.81. The Morgan fingerprint density at radius 2 is 1.76 bits per heavy atom. The molecule has 1 aliphatic rings. The second kappa shape index (κ2) is 11.2. The van der Waals surface area contributed by atoms with Gasteiger partial charge in [0.25, 0.3) is 0 Å². The zero-order valence-corrected chi connectivity index (χ0v) is 21.6. The highest BCUT2D eigenvalue weighted by Crippen LogP contribution is 2.20. The number of nitrogen functional groups attached to an aromatic ring is 1. The predicted molar refractivity (Wildman–Crippen MR) is 142 cm³/mol. The molecule has 0 spiro atoms. The summed E-state index contributed by atoms with van der Waals surface area (Å²) in [5.41, 5.74) is 0.0200. The highest BCUT2D eigenvalue weighted by atomic mass is 35.5. The van der Waals surface area contributed by atoms with Crippen LogP contribution < -0.4 is 38.7 Å². The number of nitrogens with one attached hydrogen (secondary N) is 1. The van der Waals surface area contributed by atoms with Crippen molar-refractivity contribution in [1.29, 1.82) is 0 Å². The van der Waals surface area contributed by atoms with Crippen molar-refractivity contribution < 1.29 is 9.53 Å². The lowest BCUT2D eigenvalue weighted by molar-refractivity contribution is -0.127. The lowest BCUT2D eigenvalue weighted by Crippen LogP contribution is -2.57. The van der Waals surface area contributed by atoms with Gasteiger partial charge in [-0.3, -0.25) is 9.36 Å². The minimum absolute atomic E-state index is 0.0121. The molecule has 1 aromatic heterocycles. The molecule has 2 heterocycles. The van der Waals surface area contributed by atoms with Crippen LogP contribution in [0.1, 0.15) is 19.4 Å². The Balaban J connectivity index is 1.65. The van der Waals surface area contributed by atoms with Gasteiger partial charge in [-0.15, -0.1) is 0 Å². The zero-order valence-electron chi connectivity index (χ0n) is 20.8. The second-order valence-corrected chi connectivity index (χ2v) is 8.76. The molecule has 0 bridgehead atoms. The van der Waals surface area contributed by atoms with E-state index in [1.54, 1.807) is 67.6 Å². The van der Waals surface area contributed by atoms with Crippen LogP contribution in [0.5, 0.6) is 5.75 Å². The number of nitrogens with two attached hydrogens (primary N) is 2. The van der Waals surface area contributed by atoms with E-state index in [9.17, 15) is 14.4 Å². The number of rotatable bonds is 7. The van der Waals surface area contributed by atoms with Gasteiger partial charge in [0.05, 0.1) is 18.8 Å². The van der Waals surface area contributed by atoms with E-state index in [1.807, 2.05) is 0 Å². The van der Waals surface area contributed by atoms with Gasteiger partial charge in [0, 0.05) is 18.5 Å². The number of allylic oxidation sites excluding steroid dienone is 2. The average Bonchev–Trinajstić information content (AvgIpc) is 2.91. The van der Waals surface area contributed by atoms with Crippen LogP contribution in [-0.2, 0) is 17.9 Å². The van der Waals surface area contributed by atoms with Gasteiger partial charge in [-0.2, -0.15) is 4.68 Å². The maximum atomic E-state index is 13.1. The molecule has 3 aromatic rings. The Kier molecular flexibility index (Phi) is 7.84. The molecule has 1 aliphatic heterocycles. The van der Waals surface area contributed by atoms with E-state index in [1.165, 1.54) is 11.5 Å². The molecule has 2 aromatic carbocycles. The highest BCUT2D eigenvalue weighted by molar-refractivity contribution is 6.30. The summed E-state index contributed by atoms with van der Waals surface area (Å²) in [5, 5.41) is 4.59. The molecule has 38 heavy (non-hydrogen) atoms. The first kappa shape index (κ1) is 26.5. The van der Waals surface area contributed by atoms with Gasteiger partial charge >= 0.3 is 11.4 Å². The van der Waals surface area contributed by atoms with Crippen molar-refractivity contribution >= 4 is 23.2 Å². The molecule has 0 saturated heterocycles. The number of aromatic nitrogens is 3. The molecule has 0 unspecified atom stereocenters. The second-order valence-electron chi connectivity index (χ2n) is 8.33. The predicted octanol–water partition coefficient (Wildman–Crippen LogP) is 0.909. The topological polar surface area (TPSA) is 155 Å². The number of hydrogen-bond acceptors (Lipinski definition) is 8. The van der Waals surface area contributed by atoms with E-state index >= 15 is 0 Å². The minimum atomic E-state index is -0.673. The summed E-state index contributed by atoms with van der Waals surface area (Å²) in [7, 11) is 0. The van der Waals surface area contributed by atoms with Crippen LogP contribution >= 0.6 is 11.6 Å². The van der Waals surface area contributed by atoms with Crippen molar-refractivity contribution in [1.82, 2.24) is 24.1 Å². The largest absolute Gasteiger partial charge is 0.460 e. The van der Waals surface area contributed by atoms with Crippen molar-refractivity contribution in [2.24, 2.45) is 10.8 Å². The molecule has 0 atom stereocenters. The van der Waals surface area contributed by atoms with Gasteiger partial charge in [0.1, 0.15) is 17.3 Å². The van der Waals surface area contributed by atoms with Crippen LogP contribution in [0.2, 0.25) is 5.02 Å². The van der Waals surface area contributed by atoms with Gasteiger partial charge < -0.3 is 15.9 Å². The number of benzene rings is 2. The van der Waals surface area contributed by atoms with Gasteiger partial charge in [-0.1, -0.05) is 23.7 Å². The molecule has 12 nitrogen and oxygen atoms in total. The van der Waals surface area contributed by atoms with Gasteiger partial charge in [-0.05, 0) is 61.0 Å². The van der Waals surface area contributed by atoms with Crippen LogP contribution in [0.15, 0.2) is 86.8 Å². The fraction of sp³-hybridized carbons (Fsp3) is 0.200. The number of halogens is 1. The Hall–Kier alpha value is -4.55. The average molecular weight is 539 g/mol. The first-order valence-corrected chi connectivity index (χ1v) is 12.0. The van der Waals surface area contributed by atoms with E-state index in [0.29, 0.717) is 34.6 Å². The maximum Gasteiger partial charge on any atom is 0.353 e. The Labute approximate surface area is 222 Å². The third kappa shape index (κ3) is 5.71. The normalized spacial score (nSPS) is 13.4. The number of ether oxygens (including phenoxy) is 1.